The van der Waals surface area contributed by atoms with Crippen molar-refractivity contribution in [2.45, 2.75) is 18.7 Å². The maximum Gasteiger partial charge on any atom is 0.262 e. The molecule has 0 aliphatic rings. The summed E-state index contributed by atoms with van der Waals surface area (Å²) < 4.78 is 27.3. The second-order valence-corrected chi connectivity index (χ2v) is 6.94. The number of hydrogen-bond donors (Lipinski definition) is 1. The highest BCUT2D eigenvalue weighted by Gasteiger charge is 2.19. The molecule has 0 spiro atoms. The van der Waals surface area contributed by atoms with Crippen molar-refractivity contribution in [1.29, 1.82) is 0 Å². The van der Waals surface area contributed by atoms with E-state index in [1.54, 1.807) is 37.3 Å². The number of para-hydroxylation sites is 1. The molecule has 20 heavy (non-hydrogen) atoms. The molecule has 2 rings (SSSR count). The molecular formula is C14H13Cl2NO2S. The van der Waals surface area contributed by atoms with Crippen molar-refractivity contribution in [2.24, 2.45) is 0 Å². The van der Waals surface area contributed by atoms with E-state index in [9.17, 15) is 8.42 Å². The number of aryl methyl sites for hydroxylation is 2. The van der Waals surface area contributed by atoms with E-state index < -0.39 is 10.0 Å². The van der Waals surface area contributed by atoms with Gasteiger partial charge < -0.3 is 0 Å². The molecule has 1 N–H and O–H groups in total. The monoisotopic (exact) mass is 329 g/mol. The minimum atomic E-state index is -3.73. The van der Waals surface area contributed by atoms with Crippen LogP contribution in [-0.4, -0.2) is 8.42 Å². The van der Waals surface area contributed by atoms with Crippen LogP contribution in [0.1, 0.15) is 11.1 Å². The molecule has 0 aliphatic carbocycles. The van der Waals surface area contributed by atoms with E-state index in [1.807, 2.05) is 13.0 Å². The molecule has 0 unspecified atom stereocenters. The van der Waals surface area contributed by atoms with Crippen molar-refractivity contribution in [3.05, 3.63) is 57.6 Å². The number of rotatable bonds is 3. The van der Waals surface area contributed by atoms with E-state index >= 15 is 0 Å². The summed E-state index contributed by atoms with van der Waals surface area (Å²) in [5.74, 6) is 0. The Balaban J connectivity index is 2.49. The number of sulfonamides is 1. The van der Waals surface area contributed by atoms with Gasteiger partial charge in [-0.25, -0.2) is 8.42 Å². The van der Waals surface area contributed by atoms with Crippen LogP contribution in [0.15, 0.2) is 41.3 Å². The SMILES string of the molecule is Cc1ccc(C)c(S(=O)(=O)Nc2c(Cl)cccc2Cl)c1. The molecule has 0 saturated heterocycles. The minimum absolute atomic E-state index is 0.191. The second kappa shape index (κ2) is 5.64. The average Bonchev–Trinajstić information content (AvgIpc) is 2.37. The molecule has 2 aromatic rings. The van der Waals surface area contributed by atoms with Crippen LogP contribution in [0.25, 0.3) is 0 Å². The molecular weight excluding hydrogens is 317 g/mol. The van der Waals surface area contributed by atoms with Crippen LogP contribution in [0.3, 0.4) is 0 Å². The first-order chi connectivity index (χ1) is 9.31. The summed E-state index contributed by atoms with van der Waals surface area (Å²) in [6.07, 6.45) is 0. The van der Waals surface area contributed by atoms with E-state index in [-0.39, 0.29) is 20.6 Å². The highest BCUT2D eigenvalue weighted by atomic mass is 35.5. The van der Waals surface area contributed by atoms with Gasteiger partial charge in [-0.15, -0.1) is 0 Å². The summed E-state index contributed by atoms with van der Waals surface area (Å²) in [6, 6.07) is 10.0. The molecule has 0 bridgehead atoms. The van der Waals surface area contributed by atoms with Crippen molar-refractivity contribution >= 4 is 38.9 Å². The lowest BCUT2D eigenvalue weighted by Crippen LogP contribution is -2.15. The van der Waals surface area contributed by atoms with Crippen LogP contribution in [0.4, 0.5) is 5.69 Å². The quantitative estimate of drug-likeness (QED) is 0.906. The first-order valence-corrected chi connectivity index (χ1v) is 8.09. The summed E-state index contributed by atoms with van der Waals surface area (Å²) in [5.41, 5.74) is 1.71. The van der Waals surface area contributed by atoms with Crippen LogP contribution in [0.2, 0.25) is 10.0 Å². The highest BCUT2D eigenvalue weighted by molar-refractivity contribution is 7.92. The van der Waals surface area contributed by atoms with Gasteiger partial charge in [0.25, 0.3) is 10.0 Å². The zero-order valence-electron chi connectivity index (χ0n) is 10.9. The second-order valence-electron chi connectivity index (χ2n) is 4.47. The van der Waals surface area contributed by atoms with Crippen LogP contribution >= 0.6 is 23.2 Å². The lowest BCUT2D eigenvalue weighted by molar-refractivity contribution is 0.600. The van der Waals surface area contributed by atoms with E-state index in [4.69, 9.17) is 23.2 Å². The molecule has 0 aliphatic heterocycles. The van der Waals surface area contributed by atoms with Gasteiger partial charge in [0.05, 0.1) is 20.6 Å². The Labute approximate surface area is 128 Å². The Bertz CT molecular complexity index is 738. The summed E-state index contributed by atoms with van der Waals surface area (Å²) in [7, 11) is -3.73. The number of hydrogen-bond acceptors (Lipinski definition) is 2. The molecule has 0 radical (unpaired) electrons. The smallest absolute Gasteiger partial charge is 0.262 e. The lowest BCUT2D eigenvalue weighted by Gasteiger charge is -2.13. The van der Waals surface area contributed by atoms with E-state index in [0.717, 1.165) is 5.56 Å². The summed E-state index contributed by atoms with van der Waals surface area (Å²) in [4.78, 5) is 0.216. The van der Waals surface area contributed by atoms with Gasteiger partial charge in [-0.05, 0) is 43.2 Å². The van der Waals surface area contributed by atoms with Gasteiger partial charge >= 0.3 is 0 Å². The molecule has 0 saturated carbocycles. The third-order valence-corrected chi connectivity index (χ3v) is 4.95. The Morgan fingerprint density at radius 2 is 1.60 bits per heavy atom. The van der Waals surface area contributed by atoms with Gasteiger partial charge in [0.1, 0.15) is 0 Å². The maximum atomic E-state index is 12.5. The zero-order valence-corrected chi connectivity index (χ0v) is 13.3. The molecule has 6 heteroatoms. The predicted octanol–water partition coefficient (Wildman–Crippen LogP) is 4.41. The van der Waals surface area contributed by atoms with Gasteiger partial charge in [-0.3, -0.25) is 4.72 Å². The van der Waals surface area contributed by atoms with Crippen molar-refractivity contribution in [1.82, 2.24) is 0 Å². The first-order valence-electron chi connectivity index (χ1n) is 5.85. The Morgan fingerprint density at radius 1 is 1.00 bits per heavy atom. The molecule has 0 aromatic heterocycles. The normalized spacial score (nSPS) is 11.4. The third-order valence-electron chi connectivity index (χ3n) is 2.83. The average molecular weight is 330 g/mol. The first kappa shape index (κ1) is 15.2. The largest absolute Gasteiger partial charge is 0.277 e. The summed E-state index contributed by atoms with van der Waals surface area (Å²) in [5, 5.41) is 0.512. The number of benzene rings is 2. The zero-order chi connectivity index (χ0) is 14.9. The topological polar surface area (TPSA) is 46.2 Å². The lowest BCUT2D eigenvalue weighted by atomic mass is 10.2. The van der Waals surface area contributed by atoms with Gasteiger partial charge in [0.15, 0.2) is 0 Å². The van der Waals surface area contributed by atoms with Crippen molar-refractivity contribution in [2.75, 3.05) is 4.72 Å². The predicted molar refractivity (Wildman–Crippen MR) is 83.2 cm³/mol. The highest BCUT2D eigenvalue weighted by Crippen LogP contribution is 2.32. The minimum Gasteiger partial charge on any atom is -0.277 e. The van der Waals surface area contributed by atoms with E-state index in [2.05, 4.69) is 4.72 Å². The Kier molecular flexibility index (Phi) is 4.28. The molecule has 2 aromatic carbocycles. The number of anilines is 1. The van der Waals surface area contributed by atoms with Gasteiger partial charge in [-0.2, -0.15) is 0 Å². The molecule has 0 heterocycles. The van der Waals surface area contributed by atoms with Crippen LogP contribution in [0.5, 0.6) is 0 Å². The fourth-order valence-corrected chi connectivity index (χ4v) is 3.82. The Morgan fingerprint density at radius 3 is 2.20 bits per heavy atom. The standard InChI is InChI=1S/C14H13Cl2NO2S/c1-9-6-7-10(2)13(8-9)20(18,19)17-14-11(15)4-3-5-12(14)16/h3-8,17H,1-2H3. The van der Waals surface area contributed by atoms with Crippen LogP contribution in [0, 0.1) is 13.8 Å². The van der Waals surface area contributed by atoms with Crippen molar-refractivity contribution < 1.29 is 8.42 Å². The van der Waals surface area contributed by atoms with E-state index in [1.165, 1.54) is 0 Å². The third kappa shape index (κ3) is 3.08. The maximum absolute atomic E-state index is 12.5. The van der Waals surface area contributed by atoms with Crippen LogP contribution < -0.4 is 4.72 Å². The molecule has 0 fully saturated rings. The fourth-order valence-electron chi connectivity index (χ4n) is 1.78. The van der Waals surface area contributed by atoms with Gasteiger partial charge in [0, 0.05) is 0 Å². The van der Waals surface area contributed by atoms with Crippen molar-refractivity contribution in [3.8, 4) is 0 Å². The van der Waals surface area contributed by atoms with E-state index in [0.29, 0.717) is 5.56 Å². The molecule has 0 amide bonds. The summed E-state index contributed by atoms with van der Waals surface area (Å²) >= 11 is 12.0. The fraction of sp³-hybridized carbons (Fsp3) is 0.143. The summed E-state index contributed by atoms with van der Waals surface area (Å²) in [6.45, 7) is 3.57. The number of nitrogens with one attached hydrogen (secondary N) is 1. The Hall–Kier alpha value is -1.23. The number of halogens is 2. The van der Waals surface area contributed by atoms with Crippen LogP contribution in [-0.2, 0) is 10.0 Å². The molecule has 3 nitrogen and oxygen atoms in total. The molecule has 106 valence electrons. The van der Waals surface area contributed by atoms with Crippen molar-refractivity contribution in [3.63, 3.8) is 0 Å². The van der Waals surface area contributed by atoms with Gasteiger partial charge in [0.2, 0.25) is 0 Å². The van der Waals surface area contributed by atoms with Gasteiger partial charge in [-0.1, -0.05) is 41.4 Å². The molecule has 0 atom stereocenters.